The smallest absolute Gasteiger partial charge is 0.259 e. The van der Waals surface area contributed by atoms with Crippen molar-refractivity contribution in [2.45, 2.75) is 0 Å². The number of hydrogen-bond donors (Lipinski definition) is 2. The van der Waals surface area contributed by atoms with Crippen molar-refractivity contribution in [3.8, 4) is 0 Å². The van der Waals surface area contributed by atoms with Crippen molar-refractivity contribution in [2.24, 2.45) is 0 Å². The van der Waals surface area contributed by atoms with E-state index in [-0.39, 0.29) is 35.0 Å². The molecular weight excluding hydrogens is 385 g/mol. The van der Waals surface area contributed by atoms with E-state index in [9.17, 15) is 14.0 Å². The van der Waals surface area contributed by atoms with Crippen LogP contribution in [0.1, 0.15) is 5.82 Å². The van der Waals surface area contributed by atoms with Crippen LogP contribution in [0.4, 0.5) is 10.1 Å². The zero-order valence-corrected chi connectivity index (χ0v) is 16.8. The highest BCUT2D eigenvalue weighted by molar-refractivity contribution is 6.26. The maximum absolute atomic E-state index is 14.5. The molecule has 4 rings (SSSR count). The van der Waals surface area contributed by atoms with Gasteiger partial charge in [0.05, 0.1) is 23.1 Å². The van der Waals surface area contributed by atoms with E-state index >= 15 is 0 Å². The summed E-state index contributed by atoms with van der Waals surface area (Å²) in [5, 5.41) is 3.69. The van der Waals surface area contributed by atoms with E-state index in [4.69, 9.17) is 0 Å². The van der Waals surface area contributed by atoms with Crippen LogP contribution in [0, 0.1) is 5.82 Å². The molecule has 0 fully saturated rings. The van der Waals surface area contributed by atoms with Gasteiger partial charge in [-0.05, 0) is 38.4 Å². The molecule has 0 unspecified atom stereocenters. The quantitative estimate of drug-likeness (QED) is 0.650. The number of para-hydroxylation sites is 2. The first-order valence-electron chi connectivity index (χ1n) is 9.63. The first-order valence-corrected chi connectivity index (χ1v) is 9.63. The molecule has 30 heavy (non-hydrogen) atoms. The van der Waals surface area contributed by atoms with Gasteiger partial charge in [-0.15, -0.1) is 0 Å². The third-order valence-corrected chi connectivity index (χ3v) is 4.93. The lowest BCUT2D eigenvalue weighted by molar-refractivity contribution is -0.112. The van der Waals surface area contributed by atoms with Crippen LogP contribution in [0.2, 0.25) is 0 Å². The molecule has 0 saturated heterocycles. The molecule has 0 bridgehead atoms. The number of benzene rings is 2. The van der Waals surface area contributed by atoms with Crippen molar-refractivity contribution >= 4 is 27.9 Å². The third kappa shape index (κ3) is 3.69. The number of fused-ring (bicyclic) bond motifs is 1. The maximum Gasteiger partial charge on any atom is 0.259 e. The van der Waals surface area contributed by atoms with Gasteiger partial charge in [-0.1, -0.05) is 24.3 Å². The summed E-state index contributed by atoms with van der Waals surface area (Å²) >= 11 is 0. The predicted molar refractivity (Wildman–Crippen MR) is 115 cm³/mol. The molecule has 7 nitrogen and oxygen atoms in total. The van der Waals surface area contributed by atoms with E-state index in [0.29, 0.717) is 29.8 Å². The first kappa shape index (κ1) is 19.8. The van der Waals surface area contributed by atoms with Crippen molar-refractivity contribution in [1.82, 2.24) is 20.2 Å². The molecule has 0 atom stereocenters. The van der Waals surface area contributed by atoms with Crippen molar-refractivity contribution in [3.05, 3.63) is 76.3 Å². The van der Waals surface area contributed by atoms with Crippen LogP contribution in [-0.2, 0) is 4.79 Å². The number of ketones is 1. The molecule has 1 aromatic heterocycles. The highest BCUT2D eigenvalue weighted by atomic mass is 19.1. The predicted octanol–water partition coefficient (Wildman–Crippen LogP) is 1.97. The Kier molecular flexibility index (Phi) is 5.33. The minimum atomic E-state index is -0.432. The second-order valence-corrected chi connectivity index (χ2v) is 7.35. The number of hydrogen-bond acceptors (Lipinski definition) is 6. The standard InChI is InChI=1S/C22H22FN5O2/c1-27(2)12-11-24-21-19(18(29)13-28(21)17-10-6-4-8-15(17)23)20-25-16-9-5-3-7-14(16)22(30)26-20/h3-10,24H,11-13H2,1-2H3,(H,25,26,30). The number of likely N-dealkylation sites (N-methyl/N-ethyl adjacent to an activating group) is 1. The lowest BCUT2D eigenvalue weighted by atomic mass is 10.1. The molecule has 0 saturated carbocycles. The number of nitrogens with zero attached hydrogens (tertiary/aromatic N) is 3. The van der Waals surface area contributed by atoms with Gasteiger partial charge in [0.1, 0.15) is 23.0 Å². The molecule has 0 radical (unpaired) electrons. The SMILES string of the molecule is CN(C)CCNC1=C(c2nc3ccccc3c(=O)[nH]2)C(=O)CN1c1ccccc1F. The van der Waals surface area contributed by atoms with Gasteiger partial charge in [0.15, 0.2) is 5.78 Å². The number of carbonyl (C=O) groups is 1. The number of rotatable bonds is 6. The van der Waals surface area contributed by atoms with Crippen LogP contribution in [0.25, 0.3) is 16.5 Å². The van der Waals surface area contributed by atoms with E-state index in [2.05, 4.69) is 15.3 Å². The molecular formula is C22H22FN5O2. The van der Waals surface area contributed by atoms with Crippen LogP contribution in [0.15, 0.2) is 59.1 Å². The topological polar surface area (TPSA) is 81.3 Å². The van der Waals surface area contributed by atoms with E-state index in [1.54, 1.807) is 47.4 Å². The number of anilines is 1. The number of aromatic nitrogens is 2. The van der Waals surface area contributed by atoms with Crippen LogP contribution >= 0.6 is 0 Å². The van der Waals surface area contributed by atoms with Crippen LogP contribution in [0.3, 0.4) is 0 Å². The summed E-state index contributed by atoms with van der Waals surface area (Å²) < 4.78 is 14.5. The number of H-pyrrole nitrogens is 1. The van der Waals surface area contributed by atoms with E-state index in [1.807, 2.05) is 19.0 Å². The summed E-state index contributed by atoms with van der Waals surface area (Å²) in [6.45, 7) is 1.19. The molecule has 2 N–H and O–H groups in total. The fraction of sp³-hybridized carbons (Fsp3) is 0.227. The summed E-state index contributed by atoms with van der Waals surface area (Å²) in [4.78, 5) is 36.4. The Morgan fingerprint density at radius 2 is 1.87 bits per heavy atom. The molecule has 1 aliphatic heterocycles. The Morgan fingerprint density at radius 1 is 1.13 bits per heavy atom. The molecule has 0 amide bonds. The molecule has 1 aliphatic rings. The molecule has 2 heterocycles. The fourth-order valence-corrected chi connectivity index (χ4v) is 3.48. The van der Waals surface area contributed by atoms with Crippen molar-refractivity contribution in [1.29, 1.82) is 0 Å². The Balaban J connectivity index is 1.86. The van der Waals surface area contributed by atoms with Crippen molar-refractivity contribution in [2.75, 3.05) is 38.6 Å². The van der Waals surface area contributed by atoms with Crippen LogP contribution in [-0.4, -0.2) is 54.4 Å². The summed E-state index contributed by atoms with van der Waals surface area (Å²) in [6.07, 6.45) is 0. The number of nitrogens with one attached hydrogen (secondary N) is 2. The van der Waals surface area contributed by atoms with E-state index in [0.717, 1.165) is 0 Å². The van der Waals surface area contributed by atoms with Gasteiger partial charge >= 0.3 is 0 Å². The van der Waals surface area contributed by atoms with Gasteiger partial charge in [0, 0.05) is 13.1 Å². The zero-order valence-electron chi connectivity index (χ0n) is 16.8. The Bertz CT molecular complexity index is 1200. The monoisotopic (exact) mass is 407 g/mol. The van der Waals surface area contributed by atoms with Gasteiger partial charge in [-0.2, -0.15) is 0 Å². The highest BCUT2D eigenvalue weighted by Crippen LogP contribution is 2.31. The second kappa shape index (κ2) is 8.08. The normalized spacial score (nSPS) is 14.3. The third-order valence-electron chi connectivity index (χ3n) is 4.93. The van der Waals surface area contributed by atoms with Gasteiger partial charge in [-0.3, -0.25) is 9.59 Å². The molecule has 154 valence electrons. The lowest BCUT2D eigenvalue weighted by Crippen LogP contribution is -2.34. The molecule has 0 spiro atoms. The van der Waals surface area contributed by atoms with Crippen molar-refractivity contribution in [3.63, 3.8) is 0 Å². The molecule has 8 heteroatoms. The Hall–Kier alpha value is -3.52. The van der Waals surface area contributed by atoms with Crippen LogP contribution in [0.5, 0.6) is 0 Å². The number of aromatic amines is 1. The van der Waals surface area contributed by atoms with Crippen LogP contribution < -0.4 is 15.8 Å². The Morgan fingerprint density at radius 3 is 2.63 bits per heavy atom. The molecule has 0 aliphatic carbocycles. The van der Waals surface area contributed by atoms with Crippen molar-refractivity contribution < 1.29 is 9.18 Å². The zero-order chi connectivity index (χ0) is 21.3. The fourth-order valence-electron chi connectivity index (χ4n) is 3.48. The summed E-state index contributed by atoms with van der Waals surface area (Å²) in [7, 11) is 3.88. The van der Waals surface area contributed by atoms with E-state index < -0.39 is 5.82 Å². The van der Waals surface area contributed by atoms with Gasteiger partial charge in [0.2, 0.25) is 0 Å². The number of carbonyl (C=O) groups excluding carboxylic acids is 1. The first-order chi connectivity index (χ1) is 14.5. The van der Waals surface area contributed by atoms with Gasteiger partial charge in [0.25, 0.3) is 5.56 Å². The Labute approximate surface area is 172 Å². The average molecular weight is 407 g/mol. The summed E-state index contributed by atoms with van der Waals surface area (Å²) in [5.74, 6) is -0.0669. The number of Topliss-reactive ketones (excluding diaryl/α,β-unsaturated/α-hetero) is 1. The molecule has 3 aromatic rings. The second-order valence-electron chi connectivity index (χ2n) is 7.35. The molecule has 2 aromatic carbocycles. The highest BCUT2D eigenvalue weighted by Gasteiger charge is 2.34. The summed E-state index contributed by atoms with van der Waals surface area (Å²) in [6, 6.07) is 13.2. The van der Waals surface area contributed by atoms with Gasteiger partial charge < -0.3 is 20.1 Å². The van der Waals surface area contributed by atoms with Gasteiger partial charge in [-0.25, -0.2) is 9.37 Å². The largest absolute Gasteiger partial charge is 0.369 e. The average Bonchev–Trinajstić information content (AvgIpc) is 3.04. The maximum atomic E-state index is 14.5. The van der Waals surface area contributed by atoms with E-state index in [1.165, 1.54) is 6.07 Å². The number of halogens is 1. The minimum Gasteiger partial charge on any atom is -0.369 e. The lowest BCUT2D eigenvalue weighted by Gasteiger charge is -2.24. The summed E-state index contributed by atoms with van der Waals surface area (Å²) in [5.41, 5.74) is 0.706. The minimum absolute atomic E-state index is 0.0445.